The van der Waals surface area contributed by atoms with Crippen molar-refractivity contribution in [3.8, 4) is 23.0 Å². The van der Waals surface area contributed by atoms with Gasteiger partial charge in [0.1, 0.15) is 23.6 Å². The SMILES string of the molecule is CCCOC1CCCC(NC(=O)c2nccc(OC)c2OC(C)=O)C(=O)OC(C)C1Oc1ccc(OC)cc1. The van der Waals surface area contributed by atoms with Crippen LogP contribution in [-0.2, 0) is 19.1 Å². The molecule has 3 rings (SSSR count). The van der Waals surface area contributed by atoms with Crippen molar-refractivity contribution in [2.75, 3.05) is 20.8 Å². The molecule has 11 nitrogen and oxygen atoms in total. The molecular formula is C28H36N2O9. The molecule has 11 heteroatoms. The van der Waals surface area contributed by atoms with Crippen molar-refractivity contribution in [1.29, 1.82) is 0 Å². The Labute approximate surface area is 228 Å². The van der Waals surface area contributed by atoms with Crippen LogP contribution in [0.4, 0.5) is 0 Å². The lowest BCUT2D eigenvalue weighted by atomic mass is 10.0. The minimum Gasteiger partial charge on any atom is -0.497 e. The van der Waals surface area contributed by atoms with Crippen LogP contribution >= 0.6 is 0 Å². The van der Waals surface area contributed by atoms with Crippen LogP contribution in [0.5, 0.6) is 23.0 Å². The van der Waals surface area contributed by atoms with Crippen LogP contribution in [-0.4, -0.2) is 68.0 Å². The summed E-state index contributed by atoms with van der Waals surface area (Å²) >= 11 is 0. The average molecular weight is 545 g/mol. The second kappa shape index (κ2) is 14.3. The number of aromatic nitrogens is 1. The lowest BCUT2D eigenvalue weighted by Gasteiger charge is -2.31. The molecule has 4 unspecified atom stereocenters. The molecule has 0 radical (unpaired) electrons. The quantitative estimate of drug-likeness (QED) is 0.444. The first-order valence-electron chi connectivity index (χ1n) is 12.9. The summed E-state index contributed by atoms with van der Waals surface area (Å²) < 4.78 is 33.8. The van der Waals surface area contributed by atoms with Crippen molar-refractivity contribution in [2.45, 2.75) is 70.8 Å². The first-order chi connectivity index (χ1) is 18.8. The number of hydrogen-bond acceptors (Lipinski definition) is 10. The topological polar surface area (TPSA) is 132 Å². The van der Waals surface area contributed by atoms with E-state index < -0.39 is 36.1 Å². The van der Waals surface area contributed by atoms with Gasteiger partial charge < -0.3 is 33.7 Å². The Morgan fingerprint density at radius 1 is 1.08 bits per heavy atom. The van der Waals surface area contributed by atoms with Gasteiger partial charge in [0.2, 0.25) is 5.75 Å². The van der Waals surface area contributed by atoms with E-state index in [0.717, 1.165) is 6.42 Å². The van der Waals surface area contributed by atoms with E-state index in [1.807, 2.05) is 6.92 Å². The summed E-state index contributed by atoms with van der Waals surface area (Å²) in [5.41, 5.74) is -0.185. The lowest BCUT2D eigenvalue weighted by molar-refractivity contribution is -0.159. The number of rotatable bonds is 10. The second-order valence-electron chi connectivity index (χ2n) is 9.05. The van der Waals surface area contributed by atoms with E-state index in [-0.39, 0.29) is 23.3 Å². The number of pyridine rings is 1. The maximum Gasteiger partial charge on any atom is 0.329 e. The number of nitrogens with one attached hydrogen (secondary N) is 1. The van der Waals surface area contributed by atoms with E-state index in [2.05, 4.69) is 10.3 Å². The highest BCUT2D eigenvalue weighted by Crippen LogP contribution is 2.30. The minimum atomic E-state index is -0.968. The van der Waals surface area contributed by atoms with E-state index in [1.165, 1.54) is 26.3 Å². The highest BCUT2D eigenvalue weighted by atomic mass is 16.6. The first kappa shape index (κ1) is 29.7. The molecular weight excluding hydrogens is 508 g/mol. The van der Waals surface area contributed by atoms with Gasteiger partial charge in [0, 0.05) is 25.8 Å². The predicted octanol–water partition coefficient (Wildman–Crippen LogP) is 3.48. The molecule has 1 fully saturated rings. The normalized spacial score (nSPS) is 21.4. The Hall–Kier alpha value is -3.86. The Balaban J connectivity index is 1.80. The molecule has 1 aromatic carbocycles. The summed E-state index contributed by atoms with van der Waals surface area (Å²) in [7, 11) is 2.96. The molecule has 1 aromatic heterocycles. The van der Waals surface area contributed by atoms with Gasteiger partial charge in [-0.1, -0.05) is 6.92 Å². The standard InChI is InChI=1S/C28H36N2O9/c1-6-16-36-23-9-7-8-21(30-27(32)24-26(38-18(3)31)22(35-5)14-15-29-24)28(33)37-17(2)25(23)39-20-12-10-19(34-4)11-13-20/h10-15,17,21,23,25H,6-9,16H2,1-5H3,(H,30,32). The van der Waals surface area contributed by atoms with Crippen molar-refractivity contribution < 1.29 is 42.8 Å². The number of nitrogens with zero attached hydrogens (tertiary/aromatic N) is 1. The third-order valence-electron chi connectivity index (χ3n) is 6.12. The smallest absolute Gasteiger partial charge is 0.329 e. The largest absolute Gasteiger partial charge is 0.497 e. The van der Waals surface area contributed by atoms with Crippen molar-refractivity contribution in [1.82, 2.24) is 10.3 Å². The average Bonchev–Trinajstić information content (AvgIpc) is 2.97. The minimum absolute atomic E-state index is 0.129. The van der Waals surface area contributed by atoms with Gasteiger partial charge in [0.25, 0.3) is 5.91 Å². The van der Waals surface area contributed by atoms with Gasteiger partial charge in [0.15, 0.2) is 17.5 Å². The molecule has 2 heterocycles. The molecule has 0 saturated carbocycles. The number of ether oxygens (including phenoxy) is 6. The van der Waals surface area contributed by atoms with E-state index in [9.17, 15) is 14.4 Å². The highest BCUT2D eigenvalue weighted by molar-refractivity contribution is 5.98. The number of methoxy groups -OCH3 is 2. The number of benzene rings is 1. The molecule has 0 bridgehead atoms. The second-order valence-corrected chi connectivity index (χ2v) is 9.05. The van der Waals surface area contributed by atoms with E-state index in [1.54, 1.807) is 38.3 Å². The maximum atomic E-state index is 13.2. The van der Waals surface area contributed by atoms with Gasteiger partial charge in [0.05, 0.1) is 20.3 Å². The molecule has 1 aliphatic heterocycles. The number of cyclic esters (lactones) is 1. The summed E-state index contributed by atoms with van der Waals surface area (Å²) in [6, 6.07) is 7.62. The lowest BCUT2D eigenvalue weighted by Crippen LogP contribution is -2.46. The summed E-state index contributed by atoms with van der Waals surface area (Å²) in [6.45, 7) is 5.47. The van der Waals surface area contributed by atoms with Crippen molar-refractivity contribution in [3.05, 3.63) is 42.2 Å². The zero-order chi connectivity index (χ0) is 28.4. The first-order valence-corrected chi connectivity index (χ1v) is 12.9. The van der Waals surface area contributed by atoms with Crippen LogP contribution in [0.3, 0.4) is 0 Å². The molecule has 39 heavy (non-hydrogen) atoms. The van der Waals surface area contributed by atoms with Gasteiger partial charge in [-0.3, -0.25) is 9.59 Å². The number of carbonyl (C=O) groups is 3. The van der Waals surface area contributed by atoms with Crippen LogP contribution in [0.15, 0.2) is 36.5 Å². The predicted molar refractivity (Wildman–Crippen MR) is 140 cm³/mol. The van der Waals surface area contributed by atoms with Gasteiger partial charge in [-0.2, -0.15) is 0 Å². The summed E-state index contributed by atoms with van der Waals surface area (Å²) in [4.78, 5) is 42.0. The highest BCUT2D eigenvalue weighted by Gasteiger charge is 2.37. The summed E-state index contributed by atoms with van der Waals surface area (Å²) in [5.74, 6) is -0.666. The number of amides is 1. The van der Waals surface area contributed by atoms with Crippen molar-refractivity contribution >= 4 is 17.8 Å². The molecule has 212 valence electrons. The molecule has 4 atom stereocenters. The fourth-order valence-electron chi connectivity index (χ4n) is 4.22. The molecule has 0 aliphatic carbocycles. The molecule has 1 amide bonds. The number of esters is 2. The van der Waals surface area contributed by atoms with Crippen LogP contribution in [0, 0.1) is 0 Å². The van der Waals surface area contributed by atoms with Crippen molar-refractivity contribution in [3.63, 3.8) is 0 Å². The zero-order valence-electron chi connectivity index (χ0n) is 22.9. The third kappa shape index (κ3) is 8.06. The Kier molecular flexibility index (Phi) is 10.9. The monoisotopic (exact) mass is 544 g/mol. The summed E-state index contributed by atoms with van der Waals surface area (Å²) in [6.07, 6.45) is 1.96. The van der Waals surface area contributed by atoms with Gasteiger partial charge in [-0.05, 0) is 56.9 Å². The van der Waals surface area contributed by atoms with Crippen LogP contribution in [0.1, 0.15) is 56.9 Å². The molecule has 0 spiro atoms. The number of carbonyl (C=O) groups excluding carboxylic acids is 3. The Bertz CT molecular complexity index is 1120. The van der Waals surface area contributed by atoms with Crippen molar-refractivity contribution in [2.24, 2.45) is 0 Å². The van der Waals surface area contributed by atoms with Crippen LogP contribution in [0.25, 0.3) is 0 Å². The van der Waals surface area contributed by atoms with Gasteiger partial charge >= 0.3 is 11.9 Å². The molecule has 1 N–H and O–H groups in total. The zero-order valence-corrected chi connectivity index (χ0v) is 22.9. The van der Waals surface area contributed by atoms with Gasteiger partial charge in [-0.25, -0.2) is 9.78 Å². The molecule has 1 aliphatic rings. The third-order valence-corrected chi connectivity index (χ3v) is 6.12. The number of hydrogen-bond donors (Lipinski definition) is 1. The Morgan fingerprint density at radius 2 is 1.79 bits per heavy atom. The van der Waals surface area contributed by atoms with E-state index in [0.29, 0.717) is 37.4 Å². The molecule has 1 saturated heterocycles. The fourth-order valence-corrected chi connectivity index (χ4v) is 4.22. The molecule has 2 aromatic rings. The Morgan fingerprint density at radius 3 is 2.44 bits per heavy atom. The van der Waals surface area contributed by atoms with Crippen LogP contribution < -0.4 is 24.3 Å². The van der Waals surface area contributed by atoms with E-state index >= 15 is 0 Å². The fraction of sp³-hybridized carbons (Fsp3) is 0.500. The van der Waals surface area contributed by atoms with Gasteiger partial charge in [-0.15, -0.1) is 0 Å². The van der Waals surface area contributed by atoms with E-state index in [4.69, 9.17) is 28.4 Å². The maximum absolute atomic E-state index is 13.2. The summed E-state index contributed by atoms with van der Waals surface area (Å²) in [5, 5.41) is 2.68. The van der Waals surface area contributed by atoms with Crippen LogP contribution in [0.2, 0.25) is 0 Å².